The van der Waals surface area contributed by atoms with Crippen LogP contribution in [0.2, 0.25) is 0 Å². The van der Waals surface area contributed by atoms with Crippen LogP contribution in [0.25, 0.3) is 0 Å². The van der Waals surface area contributed by atoms with Crippen molar-refractivity contribution in [2.45, 2.75) is 31.9 Å². The average Bonchev–Trinajstić information content (AvgIpc) is 3.20. The fourth-order valence-electron chi connectivity index (χ4n) is 3.25. The number of aromatic nitrogens is 1. The van der Waals surface area contributed by atoms with E-state index in [1.54, 1.807) is 23.0 Å². The molecule has 0 aromatic carbocycles. The lowest BCUT2D eigenvalue weighted by Gasteiger charge is -2.36. The molecule has 0 saturated carbocycles. The molecule has 8 nitrogen and oxygen atoms in total. The van der Waals surface area contributed by atoms with E-state index in [2.05, 4.69) is 5.16 Å². The Bertz CT molecular complexity index is 602. The monoisotopic (exact) mass is 337 g/mol. The Morgan fingerprint density at radius 3 is 3.04 bits per heavy atom. The van der Waals surface area contributed by atoms with Crippen molar-refractivity contribution in [1.29, 1.82) is 0 Å². The number of fused-ring (bicyclic) bond motifs is 1. The Morgan fingerprint density at radius 2 is 2.29 bits per heavy atom. The van der Waals surface area contributed by atoms with Gasteiger partial charge in [-0.25, -0.2) is 0 Å². The highest BCUT2D eigenvalue weighted by Crippen LogP contribution is 2.24. The molecule has 0 N–H and O–H groups in total. The highest BCUT2D eigenvalue weighted by molar-refractivity contribution is 5.92. The summed E-state index contributed by atoms with van der Waals surface area (Å²) < 4.78 is 15.9. The van der Waals surface area contributed by atoms with Crippen LogP contribution in [-0.2, 0) is 20.7 Å². The van der Waals surface area contributed by atoms with Gasteiger partial charge in [-0.05, 0) is 6.42 Å². The second-order valence-electron chi connectivity index (χ2n) is 6.14. The van der Waals surface area contributed by atoms with Crippen LogP contribution < -0.4 is 0 Å². The molecule has 0 spiro atoms. The van der Waals surface area contributed by atoms with Gasteiger partial charge in [0.15, 0.2) is 5.69 Å². The summed E-state index contributed by atoms with van der Waals surface area (Å²) in [5.74, 6) is 0.470. The molecule has 0 radical (unpaired) electrons. The Morgan fingerprint density at radius 1 is 1.46 bits per heavy atom. The predicted molar refractivity (Wildman–Crippen MR) is 83.5 cm³/mol. The summed E-state index contributed by atoms with van der Waals surface area (Å²) in [5.41, 5.74) is 0.312. The molecule has 2 atom stereocenters. The first-order valence-corrected chi connectivity index (χ1v) is 8.29. The van der Waals surface area contributed by atoms with Gasteiger partial charge in [-0.3, -0.25) is 9.59 Å². The molecule has 1 aromatic heterocycles. The quantitative estimate of drug-likeness (QED) is 0.743. The van der Waals surface area contributed by atoms with Crippen LogP contribution >= 0.6 is 0 Å². The summed E-state index contributed by atoms with van der Waals surface area (Å²) in [7, 11) is 1.60. The fourth-order valence-corrected chi connectivity index (χ4v) is 3.25. The van der Waals surface area contributed by atoms with E-state index in [1.807, 2.05) is 6.92 Å². The van der Waals surface area contributed by atoms with Crippen molar-refractivity contribution in [2.24, 2.45) is 0 Å². The first-order valence-electron chi connectivity index (χ1n) is 8.29. The van der Waals surface area contributed by atoms with E-state index in [-0.39, 0.29) is 30.6 Å². The predicted octanol–water partition coefficient (Wildman–Crippen LogP) is 0.325. The van der Waals surface area contributed by atoms with Crippen molar-refractivity contribution in [3.63, 3.8) is 0 Å². The Balaban J connectivity index is 1.68. The number of nitrogens with zero attached hydrogens (tertiary/aromatic N) is 3. The Labute approximate surface area is 140 Å². The van der Waals surface area contributed by atoms with Crippen LogP contribution in [0.5, 0.6) is 0 Å². The van der Waals surface area contributed by atoms with Gasteiger partial charge in [0.05, 0.1) is 18.8 Å². The minimum absolute atomic E-state index is 0.0531. The normalized spacial score (nSPS) is 23.7. The number of hydrogen-bond acceptors (Lipinski definition) is 6. The molecule has 2 fully saturated rings. The number of aryl methyl sites for hydroxylation is 1. The molecule has 0 bridgehead atoms. The third-order valence-corrected chi connectivity index (χ3v) is 4.48. The molecule has 8 heteroatoms. The minimum atomic E-state index is -0.182. The third-order valence-electron chi connectivity index (χ3n) is 4.48. The number of ether oxygens (including phenoxy) is 2. The topological polar surface area (TPSA) is 85.1 Å². The summed E-state index contributed by atoms with van der Waals surface area (Å²) in [6.07, 6.45) is 1.53. The molecule has 2 saturated heterocycles. The summed E-state index contributed by atoms with van der Waals surface area (Å²) in [6, 6.07) is 1.56. The number of methoxy groups -OCH3 is 1. The van der Waals surface area contributed by atoms with Crippen LogP contribution in [0.4, 0.5) is 0 Å². The van der Waals surface area contributed by atoms with Crippen LogP contribution in [0.15, 0.2) is 10.6 Å². The molecular formula is C16H23N3O5. The average molecular weight is 337 g/mol. The first kappa shape index (κ1) is 16.9. The standard InChI is InChI=1S/C16H23N3O5/c1-3-4-11-7-12(17-24-11)16(21)18-8-13-14(9-18)23-10-15(20)19(13)5-6-22-2/h7,13-14H,3-6,8-10H2,1-2H3/t13-,14-/m0/s1. The molecule has 2 aliphatic heterocycles. The zero-order valence-electron chi connectivity index (χ0n) is 14.1. The van der Waals surface area contributed by atoms with Crippen molar-refractivity contribution in [1.82, 2.24) is 15.0 Å². The van der Waals surface area contributed by atoms with Gasteiger partial charge < -0.3 is 23.8 Å². The molecular weight excluding hydrogens is 314 g/mol. The van der Waals surface area contributed by atoms with E-state index in [9.17, 15) is 9.59 Å². The number of morpholine rings is 1. The fraction of sp³-hybridized carbons (Fsp3) is 0.688. The minimum Gasteiger partial charge on any atom is -0.383 e. The van der Waals surface area contributed by atoms with Gasteiger partial charge >= 0.3 is 0 Å². The summed E-state index contributed by atoms with van der Waals surface area (Å²) in [5, 5.41) is 3.87. The summed E-state index contributed by atoms with van der Waals surface area (Å²) in [6.45, 7) is 3.96. The van der Waals surface area contributed by atoms with Crippen LogP contribution in [-0.4, -0.2) is 78.9 Å². The van der Waals surface area contributed by atoms with Gasteiger partial charge in [0, 0.05) is 39.2 Å². The van der Waals surface area contributed by atoms with E-state index >= 15 is 0 Å². The molecule has 132 valence electrons. The molecule has 3 heterocycles. The van der Waals surface area contributed by atoms with Gasteiger partial charge in [0.1, 0.15) is 12.4 Å². The van der Waals surface area contributed by atoms with Crippen LogP contribution in [0.3, 0.4) is 0 Å². The van der Waals surface area contributed by atoms with Gasteiger partial charge in [0.25, 0.3) is 5.91 Å². The molecule has 2 amide bonds. The largest absolute Gasteiger partial charge is 0.383 e. The number of carbonyl (C=O) groups excluding carboxylic acids is 2. The van der Waals surface area contributed by atoms with Crippen molar-refractivity contribution in [3.05, 3.63) is 17.5 Å². The molecule has 0 unspecified atom stereocenters. The van der Waals surface area contributed by atoms with E-state index < -0.39 is 0 Å². The van der Waals surface area contributed by atoms with Crippen LogP contribution in [0.1, 0.15) is 29.6 Å². The van der Waals surface area contributed by atoms with E-state index in [4.69, 9.17) is 14.0 Å². The van der Waals surface area contributed by atoms with E-state index in [0.717, 1.165) is 12.8 Å². The summed E-state index contributed by atoms with van der Waals surface area (Å²) in [4.78, 5) is 28.2. The second-order valence-corrected chi connectivity index (χ2v) is 6.14. The SMILES string of the molecule is CCCc1cc(C(=O)N2C[C@@H]3OCC(=O)N(CCOC)[C@H]3C2)no1. The smallest absolute Gasteiger partial charge is 0.276 e. The lowest BCUT2D eigenvalue weighted by molar-refractivity contribution is -0.153. The molecule has 2 aliphatic rings. The van der Waals surface area contributed by atoms with Crippen molar-refractivity contribution >= 4 is 11.8 Å². The zero-order chi connectivity index (χ0) is 17.1. The Hall–Kier alpha value is -1.93. The van der Waals surface area contributed by atoms with Gasteiger partial charge in [0.2, 0.25) is 5.91 Å². The zero-order valence-corrected chi connectivity index (χ0v) is 14.1. The third kappa shape index (κ3) is 3.29. The molecule has 1 aromatic rings. The van der Waals surface area contributed by atoms with Gasteiger partial charge in [-0.1, -0.05) is 12.1 Å². The number of hydrogen-bond donors (Lipinski definition) is 0. The Kier molecular flexibility index (Phi) is 5.15. The molecule has 0 aliphatic carbocycles. The molecule has 24 heavy (non-hydrogen) atoms. The maximum absolute atomic E-state index is 12.6. The number of carbonyl (C=O) groups is 2. The highest BCUT2D eigenvalue weighted by Gasteiger charge is 2.44. The van der Waals surface area contributed by atoms with Gasteiger partial charge in [-0.15, -0.1) is 0 Å². The maximum atomic E-state index is 12.6. The molecule has 3 rings (SSSR count). The number of rotatable bonds is 6. The lowest BCUT2D eigenvalue weighted by atomic mass is 10.1. The van der Waals surface area contributed by atoms with Crippen molar-refractivity contribution < 1.29 is 23.6 Å². The lowest BCUT2D eigenvalue weighted by Crippen LogP contribution is -2.54. The summed E-state index contributed by atoms with van der Waals surface area (Å²) >= 11 is 0. The highest BCUT2D eigenvalue weighted by atomic mass is 16.5. The van der Waals surface area contributed by atoms with Crippen LogP contribution in [0, 0.1) is 0 Å². The number of amides is 2. The number of likely N-dealkylation sites (tertiary alicyclic amines) is 1. The maximum Gasteiger partial charge on any atom is 0.276 e. The first-order chi connectivity index (χ1) is 11.6. The second kappa shape index (κ2) is 7.31. The van der Waals surface area contributed by atoms with Gasteiger partial charge in [-0.2, -0.15) is 0 Å². The van der Waals surface area contributed by atoms with E-state index in [1.165, 1.54) is 0 Å². The van der Waals surface area contributed by atoms with Crippen molar-refractivity contribution in [3.8, 4) is 0 Å². The van der Waals surface area contributed by atoms with Crippen molar-refractivity contribution in [2.75, 3.05) is 40.0 Å². The van der Waals surface area contributed by atoms with E-state index in [0.29, 0.717) is 37.7 Å².